The van der Waals surface area contributed by atoms with E-state index in [1.165, 1.54) is 20.4 Å². The third kappa shape index (κ3) is 6.07. The SMILES string of the molecule is CNC(=O)C(=NOC)c1ccccc1C(C)ON=CC=Cc1c(Cl)cccc1Cl. The molecule has 8 heteroatoms. The maximum Gasteiger partial charge on any atom is 0.273 e. The number of carbonyl (C=O) groups excluding carboxylic acids is 1. The van der Waals surface area contributed by atoms with E-state index >= 15 is 0 Å². The predicted octanol–water partition coefficient (Wildman–Crippen LogP) is 4.87. The number of amides is 1. The van der Waals surface area contributed by atoms with E-state index in [1.54, 1.807) is 42.5 Å². The first-order valence-corrected chi connectivity index (χ1v) is 9.47. The van der Waals surface area contributed by atoms with Crippen LogP contribution in [0.2, 0.25) is 10.0 Å². The minimum absolute atomic E-state index is 0.151. The molecule has 152 valence electrons. The van der Waals surface area contributed by atoms with Crippen molar-refractivity contribution in [2.45, 2.75) is 13.0 Å². The molecule has 0 saturated carbocycles. The first-order chi connectivity index (χ1) is 14.0. The Balaban J connectivity index is 2.14. The lowest BCUT2D eigenvalue weighted by Gasteiger charge is -2.15. The van der Waals surface area contributed by atoms with Crippen LogP contribution in [-0.4, -0.2) is 32.0 Å². The van der Waals surface area contributed by atoms with Gasteiger partial charge in [-0.05, 0) is 25.1 Å². The molecular weight excluding hydrogens is 413 g/mol. The van der Waals surface area contributed by atoms with Crippen LogP contribution in [0.5, 0.6) is 0 Å². The quantitative estimate of drug-likeness (QED) is 0.476. The Labute approximate surface area is 179 Å². The van der Waals surface area contributed by atoms with Crippen molar-refractivity contribution in [3.8, 4) is 0 Å². The highest BCUT2D eigenvalue weighted by Crippen LogP contribution is 2.25. The van der Waals surface area contributed by atoms with Gasteiger partial charge in [0.05, 0.1) is 6.21 Å². The zero-order valence-electron chi connectivity index (χ0n) is 16.2. The molecule has 1 N–H and O–H groups in total. The van der Waals surface area contributed by atoms with Gasteiger partial charge in [0.15, 0.2) is 5.71 Å². The van der Waals surface area contributed by atoms with Crippen LogP contribution in [0, 0.1) is 0 Å². The number of hydrogen-bond donors (Lipinski definition) is 1. The van der Waals surface area contributed by atoms with Crippen LogP contribution in [-0.2, 0) is 14.5 Å². The fraction of sp³-hybridized carbons (Fsp3) is 0.190. The molecular formula is C21H21Cl2N3O3. The number of likely N-dealkylation sites (N-methyl/N-ethyl adjacent to an activating group) is 1. The van der Waals surface area contributed by atoms with Crippen LogP contribution < -0.4 is 5.32 Å². The van der Waals surface area contributed by atoms with Crippen molar-refractivity contribution < 1.29 is 14.5 Å². The molecule has 0 aliphatic rings. The molecule has 29 heavy (non-hydrogen) atoms. The minimum Gasteiger partial charge on any atom is -0.398 e. The summed E-state index contributed by atoms with van der Waals surface area (Å²) in [6, 6.07) is 12.5. The zero-order valence-corrected chi connectivity index (χ0v) is 17.7. The van der Waals surface area contributed by atoms with Crippen molar-refractivity contribution in [2.24, 2.45) is 10.3 Å². The minimum atomic E-state index is -0.438. The van der Waals surface area contributed by atoms with Gasteiger partial charge in [-0.25, -0.2) is 0 Å². The van der Waals surface area contributed by atoms with Crippen LogP contribution in [0.1, 0.15) is 29.7 Å². The van der Waals surface area contributed by atoms with Gasteiger partial charge in [0.2, 0.25) is 0 Å². The molecule has 0 fully saturated rings. The third-order valence-corrected chi connectivity index (χ3v) is 4.57. The number of nitrogens with zero attached hydrogens (tertiary/aromatic N) is 2. The highest BCUT2D eigenvalue weighted by molar-refractivity contribution is 6.45. The summed E-state index contributed by atoms with van der Waals surface area (Å²) in [5.41, 5.74) is 2.18. The smallest absolute Gasteiger partial charge is 0.273 e. The lowest BCUT2D eigenvalue weighted by Crippen LogP contribution is -2.29. The molecule has 0 radical (unpaired) electrons. The van der Waals surface area contributed by atoms with Crippen molar-refractivity contribution in [3.63, 3.8) is 0 Å². The lowest BCUT2D eigenvalue weighted by molar-refractivity contribution is -0.114. The van der Waals surface area contributed by atoms with Gasteiger partial charge in [-0.1, -0.05) is 69.9 Å². The highest BCUT2D eigenvalue weighted by Gasteiger charge is 2.20. The van der Waals surface area contributed by atoms with Crippen LogP contribution in [0.25, 0.3) is 6.08 Å². The largest absolute Gasteiger partial charge is 0.398 e. The number of benzene rings is 2. The van der Waals surface area contributed by atoms with E-state index in [4.69, 9.17) is 32.9 Å². The number of oxime groups is 2. The molecule has 0 spiro atoms. The number of halogens is 2. The van der Waals surface area contributed by atoms with E-state index < -0.39 is 6.10 Å². The standard InChI is InChI=1S/C21H21Cl2N3O3/c1-14(29-25-13-7-10-17-18(22)11-6-12-19(17)23)15-8-4-5-9-16(15)20(26-28-3)21(27)24-2/h4-14H,1-3H3,(H,24,27). The summed E-state index contributed by atoms with van der Waals surface area (Å²) < 4.78 is 0. The molecule has 1 amide bonds. The molecule has 0 saturated heterocycles. The maximum atomic E-state index is 12.1. The zero-order chi connectivity index (χ0) is 21.2. The van der Waals surface area contributed by atoms with Crippen molar-refractivity contribution in [2.75, 3.05) is 14.2 Å². The van der Waals surface area contributed by atoms with Crippen LogP contribution in [0.3, 0.4) is 0 Å². The normalized spacial score (nSPS) is 12.9. The summed E-state index contributed by atoms with van der Waals surface area (Å²) in [5, 5.41) is 11.4. The molecule has 2 aromatic carbocycles. The van der Waals surface area contributed by atoms with E-state index in [9.17, 15) is 4.79 Å². The second-order valence-corrected chi connectivity index (χ2v) is 6.60. The van der Waals surface area contributed by atoms with Gasteiger partial charge in [0.25, 0.3) is 5.91 Å². The molecule has 0 heterocycles. The summed E-state index contributed by atoms with van der Waals surface area (Å²) in [7, 11) is 2.91. The van der Waals surface area contributed by atoms with Gasteiger partial charge in [0, 0.05) is 33.8 Å². The molecule has 0 bridgehead atoms. The first kappa shape index (κ1) is 22.5. The van der Waals surface area contributed by atoms with Gasteiger partial charge in [-0.15, -0.1) is 0 Å². The Bertz CT molecular complexity index is 922. The predicted molar refractivity (Wildman–Crippen MR) is 118 cm³/mol. The molecule has 2 aromatic rings. The van der Waals surface area contributed by atoms with Crippen molar-refractivity contribution >= 4 is 47.1 Å². The lowest BCUT2D eigenvalue weighted by atomic mass is 9.99. The number of carbonyl (C=O) groups is 1. The monoisotopic (exact) mass is 433 g/mol. The van der Waals surface area contributed by atoms with Crippen molar-refractivity contribution in [1.29, 1.82) is 0 Å². The van der Waals surface area contributed by atoms with E-state index in [0.29, 0.717) is 21.2 Å². The Hall–Kier alpha value is -2.83. The van der Waals surface area contributed by atoms with E-state index in [1.807, 2.05) is 19.1 Å². The first-order valence-electron chi connectivity index (χ1n) is 8.72. The summed E-state index contributed by atoms with van der Waals surface area (Å²) in [6.45, 7) is 1.82. The summed E-state index contributed by atoms with van der Waals surface area (Å²) in [4.78, 5) is 22.5. The molecule has 0 aliphatic carbocycles. The molecule has 6 nitrogen and oxygen atoms in total. The van der Waals surface area contributed by atoms with Crippen LogP contribution >= 0.6 is 23.2 Å². The van der Waals surface area contributed by atoms with E-state index in [2.05, 4.69) is 15.6 Å². The molecule has 1 unspecified atom stereocenters. The Morgan fingerprint density at radius 3 is 2.48 bits per heavy atom. The van der Waals surface area contributed by atoms with Crippen molar-refractivity contribution in [1.82, 2.24) is 5.32 Å². The van der Waals surface area contributed by atoms with Crippen LogP contribution in [0.4, 0.5) is 0 Å². The fourth-order valence-corrected chi connectivity index (χ4v) is 3.04. The topological polar surface area (TPSA) is 72.3 Å². The second-order valence-electron chi connectivity index (χ2n) is 5.79. The number of rotatable bonds is 8. The van der Waals surface area contributed by atoms with Crippen molar-refractivity contribution in [3.05, 3.63) is 75.3 Å². The van der Waals surface area contributed by atoms with E-state index in [-0.39, 0.29) is 11.6 Å². The Kier molecular flexibility index (Phi) is 8.70. The van der Waals surface area contributed by atoms with Gasteiger partial charge in [-0.2, -0.15) is 0 Å². The Morgan fingerprint density at radius 1 is 1.14 bits per heavy atom. The van der Waals surface area contributed by atoms with Crippen LogP contribution in [0.15, 0.2) is 58.9 Å². The highest BCUT2D eigenvalue weighted by atomic mass is 35.5. The van der Waals surface area contributed by atoms with Gasteiger partial charge >= 0.3 is 0 Å². The number of hydrogen-bond acceptors (Lipinski definition) is 5. The molecule has 0 aliphatic heterocycles. The second kappa shape index (κ2) is 11.2. The molecule has 2 rings (SSSR count). The van der Waals surface area contributed by atoms with Gasteiger partial charge in [0.1, 0.15) is 13.2 Å². The summed E-state index contributed by atoms with van der Waals surface area (Å²) >= 11 is 12.2. The average Bonchev–Trinajstić information content (AvgIpc) is 2.73. The third-order valence-electron chi connectivity index (χ3n) is 3.91. The fourth-order valence-electron chi connectivity index (χ4n) is 2.52. The van der Waals surface area contributed by atoms with Gasteiger partial charge < -0.3 is 15.0 Å². The molecule has 1 atom stereocenters. The van der Waals surface area contributed by atoms with E-state index in [0.717, 1.165) is 5.56 Å². The molecule has 0 aromatic heterocycles. The Morgan fingerprint density at radius 2 is 1.83 bits per heavy atom. The summed E-state index contributed by atoms with van der Waals surface area (Å²) in [6.07, 6.45) is 4.47. The maximum absolute atomic E-state index is 12.1. The summed E-state index contributed by atoms with van der Waals surface area (Å²) in [5.74, 6) is -0.366. The number of allylic oxidation sites excluding steroid dienone is 1. The van der Waals surface area contributed by atoms with Gasteiger partial charge in [-0.3, -0.25) is 4.79 Å². The average molecular weight is 434 g/mol. The number of nitrogens with one attached hydrogen (secondary N) is 1.